The van der Waals surface area contributed by atoms with Crippen molar-refractivity contribution in [3.8, 4) is 11.6 Å². The monoisotopic (exact) mass is 593 g/mol. The Labute approximate surface area is 223 Å². The Bertz CT molecular complexity index is 1430. The first kappa shape index (κ1) is 25.0. The summed E-state index contributed by atoms with van der Waals surface area (Å²) >= 11 is 21.6. The van der Waals surface area contributed by atoms with Crippen LogP contribution in [-0.2, 0) is 0 Å². The summed E-state index contributed by atoms with van der Waals surface area (Å²) in [5, 5.41) is 10.9. The number of aryl methyl sites for hydroxylation is 1. The Balaban J connectivity index is 1.62. The Morgan fingerprint density at radius 3 is 2.46 bits per heavy atom. The Kier molecular flexibility index (Phi) is 7.61. The van der Waals surface area contributed by atoms with Crippen LogP contribution in [0.3, 0.4) is 0 Å². The number of amides is 2. The topological polar surface area (TPSA) is 98.1 Å². The fraction of sp³-hybridized carbons (Fsp3) is 0.0435. The third kappa shape index (κ3) is 5.94. The molecule has 0 saturated heterocycles. The van der Waals surface area contributed by atoms with E-state index in [-0.39, 0.29) is 22.9 Å². The number of carbonyl (C=O) groups is 2. The number of aromatic nitrogens is 3. The van der Waals surface area contributed by atoms with Crippen LogP contribution in [0.2, 0.25) is 15.1 Å². The summed E-state index contributed by atoms with van der Waals surface area (Å²) < 4.78 is 7.00. The van der Waals surface area contributed by atoms with E-state index in [1.54, 1.807) is 49.4 Å². The first-order valence-corrected chi connectivity index (χ1v) is 11.9. The van der Waals surface area contributed by atoms with Crippen LogP contribution in [0.4, 0.5) is 16.2 Å². The lowest BCUT2D eigenvalue weighted by Crippen LogP contribution is -2.21. The van der Waals surface area contributed by atoms with Crippen LogP contribution in [0.25, 0.3) is 5.82 Å². The molecule has 4 aromatic rings. The average Bonchev–Trinajstić information content (AvgIpc) is 3.19. The zero-order valence-corrected chi connectivity index (χ0v) is 21.7. The maximum absolute atomic E-state index is 13.3. The molecule has 0 radical (unpaired) electrons. The minimum Gasteiger partial charge on any atom is -0.410 e. The Morgan fingerprint density at radius 1 is 1.00 bits per heavy atom. The van der Waals surface area contributed by atoms with Crippen molar-refractivity contribution in [3.63, 3.8) is 0 Å². The van der Waals surface area contributed by atoms with Crippen molar-refractivity contribution < 1.29 is 14.3 Å². The number of hydrogen-bond acceptors (Lipinski definition) is 5. The van der Waals surface area contributed by atoms with Gasteiger partial charge in [-0.3, -0.25) is 10.1 Å². The van der Waals surface area contributed by atoms with E-state index in [1.165, 1.54) is 23.0 Å². The third-order valence-corrected chi connectivity index (χ3v) is 5.80. The van der Waals surface area contributed by atoms with Gasteiger partial charge in [-0.05, 0) is 76.9 Å². The summed E-state index contributed by atoms with van der Waals surface area (Å²) in [7, 11) is 0. The van der Waals surface area contributed by atoms with Crippen LogP contribution in [0.5, 0.6) is 5.75 Å². The number of anilines is 2. The van der Waals surface area contributed by atoms with Crippen molar-refractivity contribution >= 4 is 74.1 Å². The first-order chi connectivity index (χ1) is 16.7. The van der Waals surface area contributed by atoms with Crippen molar-refractivity contribution in [3.05, 3.63) is 91.7 Å². The highest BCUT2D eigenvalue weighted by Crippen LogP contribution is 2.31. The van der Waals surface area contributed by atoms with E-state index in [2.05, 4.69) is 36.6 Å². The second-order valence-electron chi connectivity index (χ2n) is 7.14. The molecule has 2 aromatic heterocycles. The van der Waals surface area contributed by atoms with E-state index in [9.17, 15) is 9.59 Å². The molecule has 0 atom stereocenters. The average molecular weight is 596 g/mol. The minimum absolute atomic E-state index is 0.154. The molecule has 2 N–H and O–H groups in total. The van der Waals surface area contributed by atoms with Crippen molar-refractivity contribution in [1.29, 1.82) is 0 Å². The lowest BCUT2D eigenvalue weighted by atomic mass is 10.1. The molecule has 0 unspecified atom stereocenters. The van der Waals surface area contributed by atoms with E-state index in [4.69, 9.17) is 39.5 Å². The van der Waals surface area contributed by atoms with Gasteiger partial charge in [-0.1, -0.05) is 34.8 Å². The molecule has 178 valence electrons. The number of nitrogens with zero attached hydrogens (tertiary/aromatic N) is 3. The molecule has 2 heterocycles. The highest BCUT2D eigenvalue weighted by Gasteiger charge is 2.21. The number of benzene rings is 2. The molecule has 2 aromatic carbocycles. The standard InChI is InChI=1S/C23H15BrCl3N5O3/c1-12-9-14(26)10-17(29-23(34)35-15-6-4-13(25)5-7-15)20(12)30-22(33)18-11-19(24)31-32(18)21-16(27)3-2-8-28-21/h2-11H,1H3,(H,29,34)(H,30,33). The largest absolute Gasteiger partial charge is 0.417 e. The molecule has 8 nitrogen and oxygen atoms in total. The van der Waals surface area contributed by atoms with Gasteiger partial charge in [-0.15, -0.1) is 0 Å². The predicted molar refractivity (Wildman–Crippen MR) is 139 cm³/mol. The normalized spacial score (nSPS) is 10.7. The maximum Gasteiger partial charge on any atom is 0.417 e. The van der Waals surface area contributed by atoms with Crippen LogP contribution in [0, 0.1) is 6.92 Å². The van der Waals surface area contributed by atoms with Gasteiger partial charge in [0.25, 0.3) is 5.91 Å². The number of ether oxygens (including phenoxy) is 1. The van der Waals surface area contributed by atoms with E-state index in [0.29, 0.717) is 30.9 Å². The summed E-state index contributed by atoms with van der Waals surface area (Å²) in [5.74, 6) is 0.0458. The van der Waals surface area contributed by atoms with Gasteiger partial charge in [0.05, 0.1) is 16.4 Å². The molecule has 35 heavy (non-hydrogen) atoms. The lowest BCUT2D eigenvalue weighted by molar-refractivity contribution is 0.101. The summed E-state index contributed by atoms with van der Waals surface area (Å²) in [6.45, 7) is 1.74. The lowest BCUT2D eigenvalue weighted by Gasteiger charge is -2.16. The van der Waals surface area contributed by atoms with E-state index < -0.39 is 12.0 Å². The zero-order valence-electron chi connectivity index (χ0n) is 17.9. The second kappa shape index (κ2) is 10.7. The van der Waals surface area contributed by atoms with E-state index >= 15 is 0 Å². The second-order valence-corrected chi connectivity index (χ2v) is 9.23. The highest BCUT2D eigenvalue weighted by molar-refractivity contribution is 9.10. The molecule has 2 amide bonds. The van der Waals surface area contributed by atoms with Gasteiger partial charge in [0.2, 0.25) is 0 Å². The number of pyridine rings is 1. The molecular formula is C23H15BrCl3N5O3. The number of nitrogens with one attached hydrogen (secondary N) is 2. The summed E-state index contributed by atoms with van der Waals surface area (Å²) in [6, 6.07) is 14.3. The Morgan fingerprint density at radius 2 is 1.74 bits per heavy atom. The maximum atomic E-state index is 13.3. The zero-order chi connectivity index (χ0) is 25.1. The first-order valence-electron chi connectivity index (χ1n) is 9.93. The van der Waals surface area contributed by atoms with Gasteiger partial charge in [0.15, 0.2) is 5.82 Å². The summed E-state index contributed by atoms with van der Waals surface area (Å²) in [4.78, 5) is 30.0. The molecule has 0 aliphatic heterocycles. The van der Waals surface area contributed by atoms with Gasteiger partial charge in [0.1, 0.15) is 16.0 Å². The summed E-state index contributed by atoms with van der Waals surface area (Å²) in [5.41, 5.74) is 1.32. The van der Waals surface area contributed by atoms with Crippen molar-refractivity contribution in [1.82, 2.24) is 14.8 Å². The smallest absolute Gasteiger partial charge is 0.410 e. The van der Waals surface area contributed by atoms with Gasteiger partial charge in [-0.2, -0.15) is 5.10 Å². The molecule has 4 rings (SSSR count). The van der Waals surface area contributed by atoms with Crippen molar-refractivity contribution in [2.24, 2.45) is 0 Å². The van der Waals surface area contributed by atoms with Crippen LogP contribution < -0.4 is 15.4 Å². The van der Waals surface area contributed by atoms with Crippen LogP contribution in [-0.4, -0.2) is 26.8 Å². The van der Waals surface area contributed by atoms with Crippen LogP contribution >= 0.6 is 50.7 Å². The number of halogens is 4. The van der Waals surface area contributed by atoms with Gasteiger partial charge >= 0.3 is 6.09 Å². The highest BCUT2D eigenvalue weighted by atomic mass is 79.9. The molecule has 12 heteroatoms. The molecule has 0 bridgehead atoms. The quantitative estimate of drug-likeness (QED) is 0.255. The van der Waals surface area contributed by atoms with Crippen molar-refractivity contribution in [2.45, 2.75) is 6.92 Å². The fourth-order valence-corrected chi connectivity index (χ4v) is 4.11. The molecule has 0 spiro atoms. The Hall–Kier alpha value is -3.11. The van der Waals surface area contributed by atoms with E-state index in [1.807, 2.05) is 0 Å². The number of carbonyl (C=O) groups excluding carboxylic acids is 2. The third-order valence-electron chi connectivity index (χ3n) is 4.65. The summed E-state index contributed by atoms with van der Waals surface area (Å²) in [6.07, 6.45) is 0.758. The number of hydrogen-bond donors (Lipinski definition) is 2. The van der Waals surface area contributed by atoms with E-state index in [0.717, 1.165) is 0 Å². The molecule has 0 aliphatic rings. The van der Waals surface area contributed by atoms with Gasteiger partial charge in [-0.25, -0.2) is 14.5 Å². The van der Waals surface area contributed by atoms with Crippen molar-refractivity contribution in [2.75, 3.05) is 10.6 Å². The predicted octanol–water partition coefficient (Wildman–Crippen LogP) is 7.16. The number of rotatable bonds is 5. The molecule has 0 saturated carbocycles. The van der Waals surface area contributed by atoms with Gasteiger partial charge < -0.3 is 10.1 Å². The SMILES string of the molecule is Cc1cc(Cl)cc(NC(=O)Oc2ccc(Cl)cc2)c1NC(=O)c1cc(Br)nn1-c1ncccc1Cl. The molecule has 0 fully saturated rings. The minimum atomic E-state index is -0.780. The fourth-order valence-electron chi connectivity index (χ4n) is 3.14. The molecule has 0 aliphatic carbocycles. The van der Waals surface area contributed by atoms with Gasteiger partial charge in [0, 0.05) is 22.3 Å². The van der Waals surface area contributed by atoms with Crippen LogP contribution in [0.15, 0.2) is 65.4 Å². The molecular weight excluding hydrogens is 581 g/mol. The van der Waals surface area contributed by atoms with Crippen LogP contribution in [0.1, 0.15) is 16.1 Å².